The van der Waals surface area contributed by atoms with Gasteiger partial charge in [-0.05, 0) is 25.1 Å². The minimum absolute atomic E-state index is 0.0209. The zero-order chi connectivity index (χ0) is 17.4. The fraction of sp³-hybridized carbons (Fsp3) is 0.133. The molecule has 2 heterocycles. The summed E-state index contributed by atoms with van der Waals surface area (Å²) in [5.41, 5.74) is -1.32. The van der Waals surface area contributed by atoms with Crippen molar-refractivity contribution in [3.05, 3.63) is 51.2 Å². The molecule has 0 amide bonds. The van der Waals surface area contributed by atoms with Crippen LogP contribution >= 0.6 is 11.6 Å². The molecule has 0 saturated heterocycles. The molecule has 0 aliphatic rings. The SMILES string of the molecule is CCOC(=O)c1cnn2c(O)c(-c3ccc(Cl)cc3F)c(=O)[nH]c12. The number of fused-ring (bicyclic) bond motifs is 1. The monoisotopic (exact) mass is 351 g/mol. The van der Waals surface area contributed by atoms with E-state index in [4.69, 9.17) is 16.3 Å². The van der Waals surface area contributed by atoms with Gasteiger partial charge in [-0.15, -0.1) is 0 Å². The summed E-state index contributed by atoms with van der Waals surface area (Å²) in [6, 6.07) is 3.67. The molecule has 124 valence electrons. The average Bonchev–Trinajstić information content (AvgIpc) is 2.93. The number of nitrogens with one attached hydrogen (secondary N) is 1. The number of benzene rings is 1. The second-order valence-corrected chi connectivity index (χ2v) is 5.25. The Kier molecular flexibility index (Phi) is 3.98. The van der Waals surface area contributed by atoms with E-state index >= 15 is 0 Å². The molecule has 0 spiro atoms. The van der Waals surface area contributed by atoms with Crippen LogP contribution in [0, 0.1) is 5.82 Å². The Bertz CT molecular complexity index is 1010. The van der Waals surface area contributed by atoms with Gasteiger partial charge in [0.2, 0.25) is 5.88 Å². The van der Waals surface area contributed by atoms with E-state index in [1.807, 2.05) is 0 Å². The van der Waals surface area contributed by atoms with Gasteiger partial charge in [0.15, 0.2) is 5.65 Å². The van der Waals surface area contributed by atoms with Crippen molar-refractivity contribution in [2.24, 2.45) is 0 Å². The summed E-state index contributed by atoms with van der Waals surface area (Å²) in [5, 5.41) is 14.3. The Labute approximate surface area is 139 Å². The van der Waals surface area contributed by atoms with Crippen molar-refractivity contribution >= 4 is 23.2 Å². The van der Waals surface area contributed by atoms with Gasteiger partial charge in [-0.25, -0.2) is 9.18 Å². The number of nitrogens with zero attached hydrogens (tertiary/aromatic N) is 2. The summed E-state index contributed by atoms with van der Waals surface area (Å²) in [5.74, 6) is -2.08. The van der Waals surface area contributed by atoms with E-state index in [9.17, 15) is 19.1 Å². The predicted molar refractivity (Wildman–Crippen MR) is 83.8 cm³/mol. The molecule has 0 aliphatic carbocycles. The van der Waals surface area contributed by atoms with Gasteiger partial charge in [-0.2, -0.15) is 9.61 Å². The lowest BCUT2D eigenvalue weighted by Crippen LogP contribution is -2.15. The second kappa shape index (κ2) is 5.97. The first-order valence-corrected chi connectivity index (χ1v) is 7.27. The highest BCUT2D eigenvalue weighted by atomic mass is 35.5. The van der Waals surface area contributed by atoms with Gasteiger partial charge in [-0.1, -0.05) is 11.6 Å². The molecule has 0 bridgehead atoms. The predicted octanol–water partition coefficient (Wildman–Crippen LogP) is 2.36. The lowest BCUT2D eigenvalue weighted by molar-refractivity contribution is 0.0528. The van der Waals surface area contributed by atoms with Crippen LogP contribution < -0.4 is 5.56 Å². The Morgan fingerprint density at radius 2 is 2.25 bits per heavy atom. The summed E-state index contributed by atoms with van der Waals surface area (Å²) in [4.78, 5) is 26.6. The number of hydrogen-bond acceptors (Lipinski definition) is 5. The lowest BCUT2D eigenvalue weighted by Gasteiger charge is -2.07. The van der Waals surface area contributed by atoms with E-state index < -0.39 is 23.2 Å². The zero-order valence-electron chi connectivity index (χ0n) is 12.3. The van der Waals surface area contributed by atoms with Gasteiger partial charge in [0.25, 0.3) is 5.56 Å². The topological polar surface area (TPSA) is 96.7 Å². The van der Waals surface area contributed by atoms with Crippen molar-refractivity contribution < 1.29 is 19.0 Å². The molecule has 9 heteroatoms. The first-order valence-electron chi connectivity index (χ1n) is 6.89. The van der Waals surface area contributed by atoms with Gasteiger partial charge in [-0.3, -0.25) is 4.79 Å². The Morgan fingerprint density at radius 1 is 1.50 bits per heavy atom. The van der Waals surface area contributed by atoms with E-state index in [0.717, 1.165) is 16.8 Å². The average molecular weight is 352 g/mol. The molecule has 0 atom stereocenters. The molecule has 24 heavy (non-hydrogen) atoms. The van der Waals surface area contributed by atoms with Crippen molar-refractivity contribution in [3.63, 3.8) is 0 Å². The number of halogens is 2. The number of H-pyrrole nitrogens is 1. The van der Waals surface area contributed by atoms with Crippen molar-refractivity contribution in [1.82, 2.24) is 14.6 Å². The minimum Gasteiger partial charge on any atom is -0.493 e. The van der Waals surface area contributed by atoms with Crippen molar-refractivity contribution in [1.29, 1.82) is 0 Å². The van der Waals surface area contributed by atoms with Crippen LogP contribution in [0.4, 0.5) is 4.39 Å². The van der Waals surface area contributed by atoms with Crippen molar-refractivity contribution in [3.8, 4) is 17.0 Å². The van der Waals surface area contributed by atoms with Crippen LogP contribution in [-0.4, -0.2) is 32.3 Å². The number of carbonyl (C=O) groups is 1. The minimum atomic E-state index is -0.785. The van der Waals surface area contributed by atoms with Gasteiger partial charge in [0.1, 0.15) is 16.9 Å². The van der Waals surface area contributed by atoms with Crippen LogP contribution in [0.3, 0.4) is 0 Å². The van der Waals surface area contributed by atoms with Crippen molar-refractivity contribution in [2.45, 2.75) is 6.92 Å². The molecule has 0 fully saturated rings. The Balaban J connectivity index is 2.26. The third-order valence-corrected chi connectivity index (χ3v) is 3.58. The maximum absolute atomic E-state index is 14.1. The number of aromatic nitrogens is 3. The third-order valence-electron chi connectivity index (χ3n) is 3.35. The molecular weight excluding hydrogens is 341 g/mol. The largest absolute Gasteiger partial charge is 0.493 e. The standard InChI is InChI=1S/C15H11ClFN3O4/c1-2-24-15(23)9-6-18-20-12(9)19-13(21)11(14(20)22)8-4-3-7(16)5-10(8)17/h3-6,22H,2H2,1H3,(H,19,21). The number of ether oxygens (including phenoxy) is 1. The molecule has 3 aromatic rings. The fourth-order valence-electron chi connectivity index (χ4n) is 2.30. The molecule has 3 rings (SSSR count). The highest BCUT2D eigenvalue weighted by Crippen LogP contribution is 2.29. The fourth-order valence-corrected chi connectivity index (χ4v) is 2.46. The van der Waals surface area contributed by atoms with E-state index in [0.29, 0.717) is 0 Å². The van der Waals surface area contributed by atoms with Gasteiger partial charge < -0.3 is 14.8 Å². The quantitative estimate of drug-likeness (QED) is 0.706. The smallest absolute Gasteiger partial charge is 0.343 e. The first kappa shape index (κ1) is 16.0. The number of hydrogen-bond donors (Lipinski definition) is 2. The maximum atomic E-state index is 14.1. The van der Waals surface area contributed by atoms with Crippen LogP contribution in [0.1, 0.15) is 17.3 Å². The van der Waals surface area contributed by atoms with E-state index in [1.54, 1.807) is 6.92 Å². The van der Waals surface area contributed by atoms with E-state index in [-0.39, 0.29) is 34.0 Å². The normalized spacial score (nSPS) is 11.0. The lowest BCUT2D eigenvalue weighted by atomic mass is 10.1. The zero-order valence-corrected chi connectivity index (χ0v) is 13.1. The van der Waals surface area contributed by atoms with Crippen LogP contribution in [-0.2, 0) is 4.74 Å². The Morgan fingerprint density at radius 3 is 2.92 bits per heavy atom. The van der Waals surface area contributed by atoms with Gasteiger partial charge >= 0.3 is 5.97 Å². The molecule has 2 N–H and O–H groups in total. The van der Waals surface area contributed by atoms with Crippen LogP contribution in [0.15, 0.2) is 29.2 Å². The number of carbonyl (C=O) groups excluding carboxylic acids is 1. The molecule has 0 saturated carbocycles. The molecule has 1 aromatic carbocycles. The molecule has 0 aliphatic heterocycles. The van der Waals surface area contributed by atoms with E-state index in [1.165, 1.54) is 12.1 Å². The molecular formula is C15H11ClFN3O4. The highest BCUT2D eigenvalue weighted by Gasteiger charge is 2.22. The van der Waals surface area contributed by atoms with Crippen LogP contribution in [0.2, 0.25) is 5.02 Å². The number of aromatic hydroxyl groups is 1. The maximum Gasteiger partial charge on any atom is 0.343 e. The van der Waals surface area contributed by atoms with Crippen LogP contribution in [0.5, 0.6) is 5.88 Å². The number of rotatable bonds is 3. The summed E-state index contributed by atoms with van der Waals surface area (Å²) < 4.78 is 19.9. The highest BCUT2D eigenvalue weighted by molar-refractivity contribution is 6.30. The first-order chi connectivity index (χ1) is 11.4. The molecule has 2 aromatic heterocycles. The Hall–Kier alpha value is -2.87. The third kappa shape index (κ3) is 2.50. The van der Waals surface area contributed by atoms with E-state index in [2.05, 4.69) is 10.1 Å². The summed E-state index contributed by atoms with van der Waals surface area (Å²) in [6.07, 6.45) is 1.14. The second-order valence-electron chi connectivity index (χ2n) is 4.82. The summed E-state index contributed by atoms with van der Waals surface area (Å²) >= 11 is 5.69. The van der Waals surface area contributed by atoms with Crippen molar-refractivity contribution in [2.75, 3.05) is 6.61 Å². The molecule has 0 unspecified atom stereocenters. The molecule has 0 radical (unpaired) electrons. The summed E-state index contributed by atoms with van der Waals surface area (Å²) in [7, 11) is 0. The van der Waals surface area contributed by atoms with Gasteiger partial charge in [0.05, 0.1) is 12.8 Å². The number of aromatic amines is 1. The number of esters is 1. The van der Waals surface area contributed by atoms with Crippen LogP contribution in [0.25, 0.3) is 16.8 Å². The molecule has 7 nitrogen and oxygen atoms in total. The summed E-state index contributed by atoms with van der Waals surface area (Å²) in [6.45, 7) is 1.77. The van der Waals surface area contributed by atoms with Gasteiger partial charge in [0, 0.05) is 10.6 Å².